The molecule has 9 nitrogen and oxygen atoms in total. The van der Waals surface area contributed by atoms with Gasteiger partial charge < -0.3 is 19.7 Å². The monoisotopic (exact) mass is 473 g/mol. The number of nitrogens with one attached hydrogen (secondary N) is 1. The van der Waals surface area contributed by atoms with Crippen LogP contribution in [0.3, 0.4) is 0 Å². The fourth-order valence-corrected chi connectivity index (χ4v) is 4.98. The fourth-order valence-electron chi connectivity index (χ4n) is 4.77. The number of aryl methyl sites for hydroxylation is 1. The molecule has 1 aromatic carbocycles. The molecule has 1 aliphatic carbocycles. The predicted molar refractivity (Wildman–Crippen MR) is 121 cm³/mol. The summed E-state index contributed by atoms with van der Waals surface area (Å²) in [5, 5.41) is 8.26. The normalized spacial score (nSPS) is 21.9. The molecule has 0 radical (unpaired) electrons. The molecule has 0 amide bonds. The maximum atomic E-state index is 13.7. The number of ether oxygens (including phenoxy) is 2. The lowest BCUT2D eigenvalue weighted by Gasteiger charge is -2.38. The van der Waals surface area contributed by atoms with Gasteiger partial charge in [-0.2, -0.15) is 9.67 Å². The standard InChI is InChI=1S/C22H25ClFN7O2/c1-13-5-19(26-11-25-13)30-9-14-3-4-15(10-30)20(14)27-21-28-22(31(29-21)12-32-2)33-18-7-16(23)6-17(24)8-18/h5-8,11,14-15,20H,3-4,9-10,12H2,1-2H3,(H,27,29)/t14-,15+,20+. The molecule has 33 heavy (non-hydrogen) atoms. The van der Waals surface area contributed by atoms with Gasteiger partial charge in [-0.25, -0.2) is 14.4 Å². The van der Waals surface area contributed by atoms with Crippen LogP contribution in [0.4, 0.5) is 16.2 Å². The van der Waals surface area contributed by atoms with Crippen molar-refractivity contribution in [3.8, 4) is 11.8 Å². The van der Waals surface area contributed by atoms with Crippen LogP contribution in [0, 0.1) is 24.6 Å². The third kappa shape index (κ3) is 4.72. The Morgan fingerprint density at radius 2 is 1.94 bits per heavy atom. The SMILES string of the molecule is COCn1nc(N[C@H]2[C@@H]3CC[C@H]2CN(c2cc(C)ncn2)C3)nc1Oc1cc(F)cc(Cl)c1. The Morgan fingerprint density at radius 1 is 1.15 bits per heavy atom. The number of halogens is 2. The number of nitrogens with zero attached hydrogens (tertiary/aromatic N) is 6. The van der Waals surface area contributed by atoms with E-state index >= 15 is 0 Å². The molecule has 5 rings (SSSR count). The van der Waals surface area contributed by atoms with Crippen molar-refractivity contribution < 1.29 is 13.9 Å². The van der Waals surface area contributed by atoms with Gasteiger partial charge in [0.25, 0.3) is 0 Å². The summed E-state index contributed by atoms with van der Waals surface area (Å²) in [7, 11) is 1.56. The van der Waals surface area contributed by atoms with Crippen LogP contribution >= 0.6 is 11.6 Å². The molecule has 2 fully saturated rings. The zero-order chi connectivity index (χ0) is 22.9. The molecule has 11 heteroatoms. The molecule has 2 aliphatic rings. The maximum Gasteiger partial charge on any atom is 0.324 e. The summed E-state index contributed by atoms with van der Waals surface area (Å²) in [6.45, 7) is 3.95. The van der Waals surface area contributed by atoms with Crippen molar-refractivity contribution in [1.29, 1.82) is 0 Å². The van der Waals surface area contributed by atoms with Gasteiger partial charge in [0, 0.05) is 49.1 Å². The second kappa shape index (κ2) is 9.11. The molecule has 1 N–H and O–H groups in total. The molecule has 2 aromatic heterocycles. The van der Waals surface area contributed by atoms with E-state index < -0.39 is 5.82 Å². The lowest BCUT2D eigenvalue weighted by atomic mass is 9.92. The van der Waals surface area contributed by atoms with Gasteiger partial charge in [0.2, 0.25) is 5.95 Å². The van der Waals surface area contributed by atoms with Gasteiger partial charge in [-0.1, -0.05) is 11.6 Å². The Hall–Kier alpha value is -2.98. The van der Waals surface area contributed by atoms with Crippen molar-refractivity contribution in [2.75, 3.05) is 30.4 Å². The number of hydrogen-bond donors (Lipinski definition) is 1. The van der Waals surface area contributed by atoms with Gasteiger partial charge in [-0.05, 0) is 43.7 Å². The molecule has 1 aliphatic heterocycles. The van der Waals surface area contributed by atoms with E-state index in [4.69, 9.17) is 21.1 Å². The lowest BCUT2D eigenvalue weighted by Crippen LogP contribution is -2.48. The van der Waals surface area contributed by atoms with Crippen LogP contribution < -0.4 is 15.0 Å². The number of methoxy groups -OCH3 is 1. The number of piperidine rings is 1. The zero-order valence-corrected chi connectivity index (χ0v) is 19.2. The molecule has 3 heterocycles. The maximum absolute atomic E-state index is 13.7. The minimum absolute atomic E-state index is 0.144. The molecule has 2 bridgehead atoms. The van der Waals surface area contributed by atoms with Gasteiger partial charge in [0.05, 0.1) is 0 Å². The summed E-state index contributed by atoms with van der Waals surface area (Å²) in [5.41, 5.74) is 0.965. The van der Waals surface area contributed by atoms with Gasteiger partial charge in [-0.15, -0.1) is 5.10 Å². The summed E-state index contributed by atoms with van der Waals surface area (Å²) in [6, 6.07) is 6.46. The van der Waals surface area contributed by atoms with Crippen molar-refractivity contribution >= 4 is 23.4 Å². The zero-order valence-electron chi connectivity index (χ0n) is 18.4. The third-order valence-corrected chi connectivity index (χ3v) is 6.40. The molecule has 0 unspecified atom stereocenters. The Morgan fingerprint density at radius 3 is 2.64 bits per heavy atom. The number of aromatic nitrogens is 5. The minimum Gasteiger partial charge on any atom is -0.424 e. The Balaban J connectivity index is 1.32. The molecular weight excluding hydrogens is 449 g/mol. The first kappa shape index (κ1) is 21.8. The number of anilines is 2. The van der Waals surface area contributed by atoms with Crippen LogP contribution in [0.15, 0.2) is 30.6 Å². The first-order chi connectivity index (χ1) is 16.0. The molecule has 1 saturated carbocycles. The number of fused-ring (bicyclic) bond motifs is 2. The van der Waals surface area contributed by atoms with E-state index in [9.17, 15) is 4.39 Å². The van der Waals surface area contributed by atoms with Crippen LogP contribution in [0.1, 0.15) is 18.5 Å². The van der Waals surface area contributed by atoms with E-state index in [0.29, 0.717) is 17.8 Å². The van der Waals surface area contributed by atoms with Crippen molar-refractivity contribution in [3.05, 3.63) is 47.1 Å². The Bertz CT molecular complexity index is 1110. The van der Waals surface area contributed by atoms with E-state index in [-0.39, 0.29) is 29.6 Å². The highest BCUT2D eigenvalue weighted by molar-refractivity contribution is 6.30. The Labute approximate surface area is 195 Å². The van der Waals surface area contributed by atoms with E-state index in [1.165, 1.54) is 22.9 Å². The fraction of sp³-hybridized carbons (Fsp3) is 0.455. The largest absolute Gasteiger partial charge is 0.424 e. The van der Waals surface area contributed by atoms with Crippen LogP contribution in [0.2, 0.25) is 5.02 Å². The van der Waals surface area contributed by atoms with E-state index in [2.05, 4.69) is 30.3 Å². The van der Waals surface area contributed by atoms with Gasteiger partial charge >= 0.3 is 6.01 Å². The highest BCUT2D eigenvalue weighted by atomic mass is 35.5. The van der Waals surface area contributed by atoms with E-state index in [1.54, 1.807) is 13.4 Å². The quantitative estimate of drug-likeness (QED) is 0.552. The molecule has 3 aromatic rings. The highest BCUT2D eigenvalue weighted by Crippen LogP contribution is 2.40. The predicted octanol–water partition coefficient (Wildman–Crippen LogP) is 3.89. The topological polar surface area (TPSA) is 90.2 Å². The summed E-state index contributed by atoms with van der Waals surface area (Å²) in [6.07, 6.45) is 3.89. The number of rotatable bonds is 7. The van der Waals surface area contributed by atoms with Crippen LogP contribution in [0.25, 0.3) is 0 Å². The average Bonchev–Trinajstić information content (AvgIpc) is 3.22. The number of benzene rings is 1. The van der Waals surface area contributed by atoms with E-state index in [1.807, 2.05) is 13.0 Å². The second-order valence-electron chi connectivity index (χ2n) is 8.53. The third-order valence-electron chi connectivity index (χ3n) is 6.18. The molecular formula is C22H25ClFN7O2. The van der Waals surface area contributed by atoms with Crippen molar-refractivity contribution in [3.63, 3.8) is 0 Å². The van der Waals surface area contributed by atoms with Gasteiger partial charge in [0.1, 0.15) is 30.4 Å². The van der Waals surface area contributed by atoms with Gasteiger partial charge in [-0.3, -0.25) is 0 Å². The van der Waals surface area contributed by atoms with Crippen LogP contribution in [-0.2, 0) is 11.5 Å². The molecule has 174 valence electrons. The van der Waals surface area contributed by atoms with Crippen LogP contribution in [0.5, 0.6) is 11.8 Å². The van der Waals surface area contributed by atoms with Gasteiger partial charge in [0.15, 0.2) is 0 Å². The highest BCUT2D eigenvalue weighted by Gasteiger charge is 2.43. The van der Waals surface area contributed by atoms with Crippen LogP contribution in [-0.4, -0.2) is 51.0 Å². The Kier molecular flexibility index (Phi) is 6.03. The average molecular weight is 474 g/mol. The summed E-state index contributed by atoms with van der Waals surface area (Å²) in [4.78, 5) is 15.5. The number of hydrogen-bond acceptors (Lipinski definition) is 8. The summed E-state index contributed by atoms with van der Waals surface area (Å²) in [5.74, 6) is 2.07. The summed E-state index contributed by atoms with van der Waals surface area (Å²) >= 11 is 5.94. The smallest absolute Gasteiger partial charge is 0.324 e. The first-order valence-corrected chi connectivity index (χ1v) is 11.2. The second-order valence-corrected chi connectivity index (χ2v) is 8.97. The summed E-state index contributed by atoms with van der Waals surface area (Å²) < 4.78 is 26.2. The molecule has 0 spiro atoms. The van der Waals surface area contributed by atoms with Crippen molar-refractivity contribution in [2.24, 2.45) is 11.8 Å². The lowest BCUT2D eigenvalue weighted by molar-refractivity contribution is 0.113. The van der Waals surface area contributed by atoms with Crippen molar-refractivity contribution in [2.45, 2.75) is 32.5 Å². The first-order valence-electron chi connectivity index (χ1n) is 10.9. The van der Waals surface area contributed by atoms with Crippen molar-refractivity contribution in [1.82, 2.24) is 24.7 Å². The molecule has 1 saturated heterocycles. The molecule has 3 atom stereocenters. The minimum atomic E-state index is -0.490. The van der Waals surface area contributed by atoms with E-state index in [0.717, 1.165) is 37.4 Å².